The van der Waals surface area contributed by atoms with Crippen molar-refractivity contribution in [3.05, 3.63) is 108 Å². The fourth-order valence-corrected chi connectivity index (χ4v) is 5.78. The fraction of sp³-hybridized carbons (Fsp3) is 0.378. The Hall–Kier alpha value is -5.68. The number of carbonyl (C=O) groups excluding carboxylic acids is 4. The van der Waals surface area contributed by atoms with E-state index in [2.05, 4.69) is 13.2 Å². The Bertz CT molecular complexity index is 1800. The Labute approximate surface area is 328 Å². The normalized spacial score (nSPS) is 12.8. The van der Waals surface area contributed by atoms with Crippen LogP contribution in [0.4, 0.5) is 4.79 Å². The lowest BCUT2D eigenvalue weighted by Crippen LogP contribution is -2.22. The Morgan fingerprint density at radius 3 is 1.96 bits per heavy atom. The van der Waals surface area contributed by atoms with E-state index in [1.807, 2.05) is 79.7 Å². The second-order valence-corrected chi connectivity index (χ2v) is 13.4. The van der Waals surface area contributed by atoms with E-state index in [-0.39, 0.29) is 43.5 Å². The summed E-state index contributed by atoms with van der Waals surface area (Å²) in [7, 11) is 0. The molecule has 3 aromatic carbocycles. The summed E-state index contributed by atoms with van der Waals surface area (Å²) >= 11 is 0. The summed E-state index contributed by atoms with van der Waals surface area (Å²) < 4.78 is 32.1. The maximum Gasteiger partial charge on any atom is 0.513 e. The summed E-state index contributed by atoms with van der Waals surface area (Å²) in [4.78, 5) is 48.1. The molecule has 0 saturated heterocycles. The van der Waals surface area contributed by atoms with Crippen LogP contribution in [0.1, 0.15) is 81.4 Å². The van der Waals surface area contributed by atoms with Gasteiger partial charge in [0.15, 0.2) is 0 Å². The predicted octanol–water partition coefficient (Wildman–Crippen LogP) is 8.61. The van der Waals surface area contributed by atoms with Crippen LogP contribution in [-0.2, 0) is 39.8 Å². The first-order chi connectivity index (χ1) is 27.1. The van der Waals surface area contributed by atoms with Gasteiger partial charge in [-0.1, -0.05) is 81.1 Å². The maximum atomic E-state index is 12.2. The summed E-state index contributed by atoms with van der Waals surface area (Å²) in [6, 6.07) is 21.5. The van der Waals surface area contributed by atoms with Crippen molar-refractivity contribution in [1.29, 1.82) is 0 Å². The highest BCUT2D eigenvalue weighted by molar-refractivity contribution is 5.93. The van der Waals surface area contributed by atoms with Crippen molar-refractivity contribution < 1.29 is 52.7 Å². The molecule has 11 nitrogen and oxygen atoms in total. The van der Waals surface area contributed by atoms with Crippen molar-refractivity contribution in [3.8, 4) is 22.6 Å². The van der Waals surface area contributed by atoms with Crippen molar-refractivity contribution in [2.75, 3.05) is 33.0 Å². The quantitative estimate of drug-likeness (QED) is 0.0278. The van der Waals surface area contributed by atoms with Crippen LogP contribution in [0, 0.1) is 0 Å². The smallest absolute Gasteiger partial charge is 0.493 e. The van der Waals surface area contributed by atoms with Crippen LogP contribution in [0.5, 0.6) is 11.5 Å². The number of ether oxygens (including phenoxy) is 6. The number of hydrogen-bond donors (Lipinski definition) is 1. The number of rotatable bonds is 21. The van der Waals surface area contributed by atoms with Gasteiger partial charge in [0.25, 0.3) is 0 Å². The summed E-state index contributed by atoms with van der Waals surface area (Å²) in [6.45, 7) is 9.37. The molecule has 0 atom stereocenters. The SMILES string of the molecule is C=C(CO)C(=O)OCCCCOC(=O)Oc1ccc(/C=C/c2ccc(-c3ccc(OCCCOC(=O)C(=C)CC(=O)OC4CCCCC4)cc3)cc2)cc1CC. The minimum absolute atomic E-state index is 0.0107. The summed E-state index contributed by atoms with van der Waals surface area (Å²) in [5, 5.41) is 8.88. The lowest BCUT2D eigenvalue weighted by Gasteiger charge is -2.21. The zero-order valence-corrected chi connectivity index (χ0v) is 32.1. The maximum absolute atomic E-state index is 12.2. The van der Waals surface area contributed by atoms with Gasteiger partial charge in [0, 0.05) is 12.0 Å². The standard InChI is InChI=1S/C45H52O11/c1-4-36-30-35(17-24-41(36)56-45(50)54-26-9-8-25-52-44(49)33(3)31-46)14-13-34-15-18-37(19-16-34)38-20-22-39(23-21-38)51-27-10-28-53-43(48)32(2)29-42(47)55-40-11-6-5-7-12-40/h13-24,30,40,46H,2-12,25-29,31H2,1H3/b14-13+. The number of esters is 3. The van der Waals surface area contributed by atoms with Crippen LogP contribution < -0.4 is 9.47 Å². The van der Waals surface area contributed by atoms with Crippen LogP contribution in [0.25, 0.3) is 23.3 Å². The lowest BCUT2D eigenvalue weighted by atomic mass is 9.98. The van der Waals surface area contributed by atoms with E-state index in [1.165, 1.54) is 6.42 Å². The van der Waals surface area contributed by atoms with Crippen LogP contribution in [0.3, 0.4) is 0 Å². The second-order valence-electron chi connectivity index (χ2n) is 13.4. The number of unbranched alkanes of at least 4 members (excludes halogenated alkanes) is 1. The van der Waals surface area contributed by atoms with Gasteiger partial charge in [-0.2, -0.15) is 0 Å². The largest absolute Gasteiger partial charge is 0.513 e. The van der Waals surface area contributed by atoms with E-state index in [4.69, 9.17) is 33.5 Å². The number of aliphatic hydroxyl groups excluding tert-OH is 1. The molecule has 1 saturated carbocycles. The third-order valence-electron chi connectivity index (χ3n) is 8.98. The lowest BCUT2D eigenvalue weighted by molar-refractivity contribution is -0.151. The summed E-state index contributed by atoms with van der Waals surface area (Å²) in [5.74, 6) is -0.545. The number of aryl methyl sites for hydroxylation is 1. The molecule has 0 bridgehead atoms. The summed E-state index contributed by atoms with van der Waals surface area (Å²) in [5.41, 5.74) is 5.01. The van der Waals surface area contributed by atoms with Crippen LogP contribution in [0.2, 0.25) is 0 Å². The molecule has 11 heteroatoms. The highest BCUT2D eigenvalue weighted by atomic mass is 16.7. The number of aliphatic hydroxyl groups is 1. The van der Waals surface area contributed by atoms with Gasteiger partial charge in [-0.05, 0) is 97.0 Å². The Balaban J connectivity index is 1.14. The molecule has 0 aromatic heterocycles. The van der Waals surface area contributed by atoms with Crippen LogP contribution in [-0.4, -0.2) is 68.3 Å². The van der Waals surface area contributed by atoms with Crippen molar-refractivity contribution in [2.45, 2.75) is 77.2 Å². The minimum Gasteiger partial charge on any atom is -0.493 e. The zero-order chi connectivity index (χ0) is 40.1. The topological polar surface area (TPSA) is 144 Å². The average molecular weight is 769 g/mol. The van der Waals surface area contributed by atoms with Crippen molar-refractivity contribution in [1.82, 2.24) is 0 Å². The highest BCUT2D eigenvalue weighted by Gasteiger charge is 2.20. The molecule has 0 spiro atoms. The van der Waals surface area contributed by atoms with E-state index in [1.54, 1.807) is 6.07 Å². The minimum atomic E-state index is -0.805. The first-order valence-electron chi connectivity index (χ1n) is 19.1. The van der Waals surface area contributed by atoms with Crippen molar-refractivity contribution >= 4 is 36.2 Å². The Morgan fingerprint density at radius 2 is 1.30 bits per heavy atom. The molecule has 56 heavy (non-hydrogen) atoms. The number of hydrogen-bond acceptors (Lipinski definition) is 11. The first-order valence-corrected chi connectivity index (χ1v) is 19.1. The molecule has 0 unspecified atom stereocenters. The molecule has 4 rings (SSSR count). The molecule has 0 amide bonds. The third kappa shape index (κ3) is 14.9. The molecule has 1 aliphatic rings. The van der Waals surface area contributed by atoms with Gasteiger partial charge < -0.3 is 33.5 Å². The molecule has 3 aromatic rings. The fourth-order valence-electron chi connectivity index (χ4n) is 5.78. The molecular formula is C45H52O11. The van der Waals surface area contributed by atoms with Crippen LogP contribution in [0.15, 0.2) is 91.0 Å². The van der Waals surface area contributed by atoms with Gasteiger partial charge in [0.2, 0.25) is 0 Å². The molecule has 1 aliphatic carbocycles. The predicted molar refractivity (Wildman–Crippen MR) is 213 cm³/mol. The van der Waals surface area contributed by atoms with Gasteiger partial charge in [-0.15, -0.1) is 0 Å². The van der Waals surface area contributed by atoms with E-state index in [9.17, 15) is 19.2 Å². The van der Waals surface area contributed by atoms with Gasteiger partial charge >= 0.3 is 24.1 Å². The monoisotopic (exact) mass is 768 g/mol. The molecule has 0 aliphatic heterocycles. The molecular weight excluding hydrogens is 716 g/mol. The molecule has 0 heterocycles. The summed E-state index contributed by atoms with van der Waals surface area (Å²) in [6.07, 6.45) is 10.1. The van der Waals surface area contributed by atoms with Crippen molar-refractivity contribution in [2.24, 2.45) is 0 Å². The zero-order valence-electron chi connectivity index (χ0n) is 32.1. The highest BCUT2D eigenvalue weighted by Crippen LogP contribution is 2.26. The molecule has 1 fully saturated rings. The molecule has 298 valence electrons. The van der Waals surface area contributed by atoms with E-state index in [0.717, 1.165) is 53.5 Å². The van der Waals surface area contributed by atoms with E-state index < -0.39 is 30.7 Å². The Morgan fingerprint density at radius 1 is 0.714 bits per heavy atom. The van der Waals surface area contributed by atoms with E-state index >= 15 is 0 Å². The second kappa shape index (κ2) is 23.3. The molecule has 0 radical (unpaired) electrons. The Kier molecular flexibility index (Phi) is 17.9. The third-order valence-corrected chi connectivity index (χ3v) is 8.98. The first kappa shape index (κ1) is 43.1. The van der Waals surface area contributed by atoms with Gasteiger partial charge in [0.1, 0.15) is 17.6 Å². The van der Waals surface area contributed by atoms with Gasteiger partial charge in [0.05, 0.1) is 45.0 Å². The van der Waals surface area contributed by atoms with Gasteiger partial charge in [-0.3, -0.25) is 4.79 Å². The number of benzene rings is 3. The molecule has 1 N–H and O–H groups in total. The number of carbonyl (C=O) groups is 4. The van der Waals surface area contributed by atoms with Gasteiger partial charge in [-0.25, -0.2) is 14.4 Å². The van der Waals surface area contributed by atoms with E-state index in [0.29, 0.717) is 43.8 Å². The van der Waals surface area contributed by atoms with Crippen molar-refractivity contribution in [3.63, 3.8) is 0 Å². The average Bonchev–Trinajstić information content (AvgIpc) is 3.21. The van der Waals surface area contributed by atoms with Crippen LogP contribution >= 0.6 is 0 Å².